The molecule has 1 aliphatic rings. The third-order valence-electron chi connectivity index (χ3n) is 7.15. The monoisotopic (exact) mass is 387 g/mol. The Morgan fingerprint density at radius 1 is 1.00 bits per heavy atom. The quantitative estimate of drug-likeness (QED) is 0.380. The summed E-state index contributed by atoms with van der Waals surface area (Å²) in [7, 11) is 0. The van der Waals surface area contributed by atoms with Gasteiger partial charge in [0.15, 0.2) is 0 Å². The van der Waals surface area contributed by atoms with Gasteiger partial charge in [-0.15, -0.1) is 0 Å². The third-order valence-corrected chi connectivity index (χ3v) is 7.15. The summed E-state index contributed by atoms with van der Waals surface area (Å²) in [5, 5.41) is 10.2. The number of piperidine rings is 1. The predicted octanol–water partition coefficient (Wildman–Crippen LogP) is 7.30. The van der Waals surface area contributed by atoms with E-state index in [0.29, 0.717) is 17.7 Å². The average molecular weight is 388 g/mol. The first-order chi connectivity index (χ1) is 13.6. The fourth-order valence-electron chi connectivity index (χ4n) is 5.63. The van der Waals surface area contributed by atoms with Gasteiger partial charge in [0, 0.05) is 18.0 Å². The molecule has 1 saturated heterocycles. The fourth-order valence-corrected chi connectivity index (χ4v) is 5.63. The third kappa shape index (κ3) is 5.75. The van der Waals surface area contributed by atoms with Crippen LogP contribution in [0.1, 0.15) is 104 Å². The molecule has 3 atom stereocenters. The Labute approximate surface area is 174 Å². The van der Waals surface area contributed by atoms with Crippen molar-refractivity contribution in [1.82, 2.24) is 4.90 Å². The van der Waals surface area contributed by atoms with Crippen LogP contribution < -0.4 is 0 Å². The first-order valence-electron chi connectivity index (χ1n) is 12.1. The van der Waals surface area contributed by atoms with E-state index < -0.39 is 0 Å². The van der Waals surface area contributed by atoms with Gasteiger partial charge in [0.05, 0.1) is 0 Å². The van der Waals surface area contributed by atoms with E-state index in [4.69, 9.17) is 0 Å². The minimum absolute atomic E-state index is 0.225. The molecule has 0 aliphatic carbocycles. The first-order valence-corrected chi connectivity index (χ1v) is 12.1. The van der Waals surface area contributed by atoms with E-state index in [-0.39, 0.29) is 5.41 Å². The fraction of sp³-hybridized carbons (Fsp3) is 0.769. The van der Waals surface area contributed by atoms with Crippen LogP contribution in [0.3, 0.4) is 0 Å². The second kappa shape index (κ2) is 11.9. The number of hydrogen-bond donors (Lipinski definition) is 1. The number of benzene rings is 1. The van der Waals surface area contributed by atoms with Crippen LogP contribution in [0.15, 0.2) is 24.3 Å². The van der Waals surface area contributed by atoms with Gasteiger partial charge in [-0.1, -0.05) is 78.4 Å². The first kappa shape index (κ1) is 23.3. The van der Waals surface area contributed by atoms with Crippen LogP contribution in [0.4, 0.5) is 0 Å². The summed E-state index contributed by atoms with van der Waals surface area (Å²) in [6.07, 6.45) is 14.2. The number of phenolic OH excluding ortho intramolecular Hbond substituents is 1. The minimum atomic E-state index is 0.225. The summed E-state index contributed by atoms with van der Waals surface area (Å²) in [6, 6.07) is 8.91. The number of likely N-dealkylation sites (tertiary alicyclic amines) is 1. The molecule has 0 aromatic heterocycles. The molecule has 2 nitrogen and oxygen atoms in total. The van der Waals surface area contributed by atoms with Crippen molar-refractivity contribution in [2.45, 2.75) is 110 Å². The predicted molar refractivity (Wildman–Crippen MR) is 122 cm³/mol. The Morgan fingerprint density at radius 2 is 1.79 bits per heavy atom. The molecule has 0 saturated carbocycles. The Kier molecular flexibility index (Phi) is 9.85. The summed E-state index contributed by atoms with van der Waals surface area (Å²) in [4.78, 5) is 2.83. The highest BCUT2D eigenvalue weighted by atomic mass is 16.3. The second-order valence-corrected chi connectivity index (χ2v) is 9.12. The van der Waals surface area contributed by atoms with Crippen molar-refractivity contribution < 1.29 is 5.11 Å². The number of rotatable bonds is 12. The van der Waals surface area contributed by atoms with Crippen molar-refractivity contribution in [3.05, 3.63) is 29.8 Å². The zero-order valence-electron chi connectivity index (χ0n) is 19.1. The second-order valence-electron chi connectivity index (χ2n) is 9.12. The topological polar surface area (TPSA) is 23.5 Å². The molecule has 3 unspecified atom stereocenters. The molecule has 0 amide bonds. The zero-order chi connectivity index (χ0) is 20.4. The van der Waals surface area contributed by atoms with E-state index in [9.17, 15) is 5.11 Å². The normalized spacial score (nSPS) is 25.9. The molecule has 0 bridgehead atoms. The lowest BCUT2D eigenvalue weighted by atomic mass is 9.60. The number of nitrogens with zero attached hydrogens (tertiary/aromatic N) is 1. The smallest absolute Gasteiger partial charge is 0.115 e. The van der Waals surface area contributed by atoms with E-state index in [1.54, 1.807) is 0 Å². The summed E-state index contributed by atoms with van der Waals surface area (Å²) < 4.78 is 0. The van der Waals surface area contributed by atoms with E-state index in [0.717, 1.165) is 0 Å². The van der Waals surface area contributed by atoms with Gasteiger partial charge < -0.3 is 10.0 Å². The lowest BCUT2D eigenvalue weighted by Gasteiger charge is -2.53. The maximum absolute atomic E-state index is 10.2. The van der Waals surface area contributed by atoms with Gasteiger partial charge in [-0.25, -0.2) is 0 Å². The molecule has 0 radical (unpaired) electrons. The van der Waals surface area contributed by atoms with Crippen LogP contribution in [0.2, 0.25) is 0 Å². The molecule has 0 spiro atoms. The summed E-state index contributed by atoms with van der Waals surface area (Å²) in [6.45, 7) is 11.8. The summed E-state index contributed by atoms with van der Waals surface area (Å²) in [5.74, 6) is 1.13. The van der Waals surface area contributed by atoms with Gasteiger partial charge in [-0.2, -0.15) is 0 Å². The SMILES string of the molecule is CCCCCCN1CC(CCCC)C(CCC)(c2cccc(O)c2)CC1CC. The Morgan fingerprint density at radius 3 is 2.43 bits per heavy atom. The van der Waals surface area contributed by atoms with Crippen molar-refractivity contribution in [3.8, 4) is 5.75 Å². The number of hydrogen-bond acceptors (Lipinski definition) is 2. The lowest BCUT2D eigenvalue weighted by Crippen LogP contribution is -2.54. The highest BCUT2D eigenvalue weighted by molar-refractivity contribution is 5.35. The van der Waals surface area contributed by atoms with Crippen molar-refractivity contribution in [3.63, 3.8) is 0 Å². The maximum atomic E-state index is 10.2. The standard InChI is InChI=1S/C26H45NO/c1-5-9-11-12-18-27-21-23(14-10-6-2)26(17-7-3,20-24(27)8-4)22-15-13-16-25(28)19-22/h13,15-16,19,23-24,28H,5-12,14,17-18,20-21H2,1-4H3. The average Bonchev–Trinajstić information content (AvgIpc) is 2.70. The minimum Gasteiger partial charge on any atom is -0.508 e. The van der Waals surface area contributed by atoms with Gasteiger partial charge >= 0.3 is 0 Å². The van der Waals surface area contributed by atoms with Crippen LogP contribution in [-0.2, 0) is 5.41 Å². The van der Waals surface area contributed by atoms with Crippen molar-refractivity contribution in [2.24, 2.45) is 5.92 Å². The van der Waals surface area contributed by atoms with Gasteiger partial charge in [-0.05, 0) is 62.3 Å². The summed E-state index contributed by atoms with van der Waals surface area (Å²) in [5.41, 5.74) is 1.61. The largest absolute Gasteiger partial charge is 0.508 e. The van der Waals surface area contributed by atoms with Gasteiger partial charge in [0.25, 0.3) is 0 Å². The van der Waals surface area contributed by atoms with Crippen LogP contribution in [0.25, 0.3) is 0 Å². The highest BCUT2D eigenvalue weighted by Crippen LogP contribution is 2.48. The number of phenols is 1. The van der Waals surface area contributed by atoms with Crippen molar-refractivity contribution in [1.29, 1.82) is 0 Å². The molecule has 2 heteroatoms. The number of aromatic hydroxyl groups is 1. The molecule has 1 heterocycles. The zero-order valence-corrected chi connectivity index (χ0v) is 19.1. The molecule has 28 heavy (non-hydrogen) atoms. The van der Waals surface area contributed by atoms with Crippen molar-refractivity contribution in [2.75, 3.05) is 13.1 Å². The van der Waals surface area contributed by atoms with E-state index in [1.165, 1.54) is 89.3 Å². The van der Waals surface area contributed by atoms with Gasteiger partial charge in [0.1, 0.15) is 5.75 Å². The molecule has 1 aromatic carbocycles. The molecular weight excluding hydrogens is 342 g/mol. The molecule has 1 aromatic rings. The van der Waals surface area contributed by atoms with Crippen LogP contribution in [-0.4, -0.2) is 29.1 Å². The van der Waals surface area contributed by atoms with E-state index in [1.807, 2.05) is 6.07 Å². The van der Waals surface area contributed by atoms with Crippen LogP contribution in [0.5, 0.6) is 5.75 Å². The van der Waals surface area contributed by atoms with Crippen molar-refractivity contribution >= 4 is 0 Å². The Balaban J connectivity index is 2.30. The van der Waals surface area contributed by atoms with E-state index in [2.05, 4.69) is 50.8 Å². The Hall–Kier alpha value is -1.02. The molecule has 2 rings (SSSR count). The lowest BCUT2D eigenvalue weighted by molar-refractivity contribution is 0.0249. The van der Waals surface area contributed by atoms with Gasteiger partial charge in [0.2, 0.25) is 0 Å². The van der Waals surface area contributed by atoms with Crippen LogP contribution in [0, 0.1) is 5.92 Å². The molecular formula is C26H45NO. The number of unbranched alkanes of at least 4 members (excludes halogenated alkanes) is 4. The molecule has 160 valence electrons. The Bertz CT molecular complexity index is 557. The summed E-state index contributed by atoms with van der Waals surface area (Å²) >= 11 is 0. The highest BCUT2D eigenvalue weighted by Gasteiger charge is 2.46. The van der Waals surface area contributed by atoms with Crippen LogP contribution >= 0.6 is 0 Å². The molecule has 1 aliphatic heterocycles. The molecule has 1 N–H and O–H groups in total. The van der Waals surface area contributed by atoms with E-state index >= 15 is 0 Å². The van der Waals surface area contributed by atoms with Gasteiger partial charge in [-0.3, -0.25) is 0 Å². The maximum Gasteiger partial charge on any atom is 0.115 e. The molecule has 1 fully saturated rings.